The van der Waals surface area contributed by atoms with Crippen LogP contribution in [-0.4, -0.2) is 40.5 Å². The second-order valence-electron chi connectivity index (χ2n) is 6.56. The van der Waals surface area contributed by atoms with Crippen LogP contribution in [0.25, 0.3) is 33.5 Å². The highest BCUT2D eigenvalue weighted by molar-refractivity contribution is 6.08. The first kappa shape index (κ1) is 18.5. The average molecular weight is 389 g/mol. The predicted molar refractivity (Wildman–Crippen MR) is 110 cm³/mol. The molecular weight excluding hydrogens is 370 g/mol. The molecule has 29 heavy (non-hydrogen) atoms. The van der Waals surface area contributed by atoms with E-state index in [1.807, 2.05) is 31.2 Å². The lowest BCUT2D eigenvalue weighted by Crippen LogP contribution is -2.01. The molecule has 0 atom stereocenters. The maximum Gasteiger partial charge on any atom is 0.336 e. The number of aromatic nitrogens is 3. The van der Waals surface area contributed by atoms with Gasteiger partial charge in [0.25, 0.3) is 0 Å². The Morgan fingerprint density at radius 2 is 1.83 bits per heavy atom. The molecule has 4 aromatic rings. The third-order valence-corrected chi connectivity index (χ3v) is 4.77. The molecule has 0 unspecified atom stereocenters. The molecule has 0 bridgehead atoms. The Bertz CT molecular complexity index is 1210. The van der Waals surface area contributed by atoms with Gasteiger partial charge in [-0.3, -0.25) is 5.10 Å². The highest BCUT2D eigenvalue weighted by Gasteiger charge is 2.21. The van der Waals surface area contributed by atoms with E-state index in [1.165, 1.54) is 13.2 Å². The van der Waals surface area contributed by atoms with Crippen LogP contribution in [0, 0.1) is 6.92 Å². The van der Waals surface area contributed by atoms with Crippen LogP contribution in [0.2, 0.25) is 0 Å². The van der Waals surface area contributed by atoms with Gasteiger partial charge in [0.1, 0.15) is 0 Å². The number of benzene rings is 2. The molecule has 0 saturated heterocycles. The van der Waals surface area contributed by atoms with Crippen LogP contribution in [0.5, 0.6) is 11.5 Å². The number of aromatic carboxylic acids is 1. The fourth-order valence-electron chi connectivity index (χ4n) is 3.35. The number of nitrogens with one attached hydrogen (secondary N) is 1. The summed E-state index contributed by atoms with van der Waals surface area (Å²) >= 11 is 0. The summed E-state index contributed by atoms with van der Waals surface area (Å²) in [6.45, 7) is 1.99. The Hall–Kier alpha value is -3.87. The molecule has 2 heterocycles. The molecule has 0 aliphatic heterocycles. The first-order valence-corrected chi connectivity index (χ1v) is 8.94. The lowest BCUT2D eigenvalue weighted by atomic mass is 10.0. The van der Waals surface area contributed by atoms with Gasteiger partial charge in [-0.1, -0.05) is 35.9 Å². The van der Waals surface area contributed by atoms with Gasteiger partial charge in [0, 0.05) is 11.1 Å². The number of carboxylic acid groups (broad SMARTS) is 1. The molecule has 7 heteroatoms. The zero-order chi connectivity index (χ0) is 20.5. The highest BCUT2D eigenvalue weighted by Crippen LogP contribution is 2.39. The lowest BCUT2D eigenvalue weighted by Gasteiger charge is -2.12. The van der Waals surface area contributed by atoms with Gasteiger partial charge < -0.3 is 14.6 Å². The van der Waals surface area contributed by atoms with Crippen molar-refractivity contribution in [3.63, 3.8) is 0 Å². The van der Waals surface area contributed by atoms with E-state index >= 15 is 0 Å². The minimum Gasteiger partial charge on any atom is -0.493 e. The third kappa shape index (κ3) is 3.16. The van der Waals surface area contributed by atoms with Crippen LogP contribution in [0.1, 0.15) is 15.9 Å². The van der Waals surface area contributed by atoms with Crippen molar-refractivity contribution >= 4 is 17.0 Å². The predicted octanol–water partition coefficient (Wildman–Crippen LogP) is 4.32. The summed E-state index contributed by atoms with van der Waals surface area (Å²) in [7, 11) is 3.07. The number of pyridine rings is 1. The number of rotatable bonds is 5. The van der Waals surface area contributed by atoms with Crippen LogP contribution in [0.4, 0.5) is 0 Å². The number of H-pyrrole nitrogens is 1. The molecule has 0 aliphatic carbocycles. The van der Waals surface area contributed by atoms with E-state index in [0.717, 1.165) is 11.1 Å². The molecule has 7 nitrogen and oxygen atoms in total. The number of aryl methyl sites for hydroxylation is 1. The van der Waals surface area contributed by atoms with Crippen LogP contribution in [-0.2, 0) is 0 Å². The molecule has 0 amide bonds. The molecular formula is C22H19N3O4. The smallest absolute Gasteiger partial charge is 0.336 e. The second kappa shape index (κ2) is 7.27. The normalized spacial score (nSPS) is 10.9. The fraction of sp³-hybridized carbons (Fsp3) is 0.136. The number of fused-ring (bicyclic) bond motifs is 1. The summed E-state index contributed by atoms with van der Waals surface area (Å²) in [6, 6.07) is 14.7. The minimum atomic E-state index is -1.06. The van der Waals surface area contributed by atoms with Crippen molar-refractivity contribution < 1.29 is 19.4 Å². The summed E-state index contributed by atoms with van der Waals surface area (Å²) in [6.07, 6.45) is 0. The van der Waals surface area contributed by atoms with Gasteiger partial charge in [-0.15, -0.1) is 0 Å². The van der Waals surface area contributed by atoms with Crippen LogP contribution in [0.3, 0.4) is 0 Å². The number of hydrogen-bond acceptors (Lipinski definition) is 5. The van der Waals surface area contributed by atoms with E-state index in [2.05, 4.69) is 15.2 Å². The van der Waals surface area contributed by atoms with Gasteiger partial charge >= 0.3 is 5.97 Å². The Morgan fingerprint density at radius 3 is 2.48 bits per heavy atom. The fourth-order valence-corrected chi connectivity index (χ4v) is 3.35. The van der Waals surface area contributed by atoms with Gasteiger partial charge in [0.05, 0.1) is 36.6 Å². The molecule has 0 fully saturated rings. The highest BCUT2D eigenvalue weighted by atomic mass is 16.5. The standard InChI is InChI=1S/C22H19N3O4/c1-12-7-9-13(10-8-12)19-18-15(22(26)27)11-16(23-21(18)25-24-19)14-5-4-6-17(28-2)20(14)29-3/h4-11H,1-3H3,(H,26,27)(H,23,24,25). The molecule has 0 radical (unpaired) electrons. The van der Waals surface area contributed by atoms with Gasteiger partial charge in [-0.2, -0.15) is 5.10 Å². The summed E-state index contributed by atoms with van der Waals surface area (Å²) in [5, 5.41) is 17.6. The first-order chi connectivity index (χ1) is 14.0. The van der Waals surface area contributed by atoms with Gasteiger partial charge in [0.15, 0.2) is 17.1 Å². The number of hydrogen-bond donors (Lipinski definition) is 2. The topological polar surface area (TPSA) is 97.3 Å². The number of ether oxygens (including phenoxy) is 2. The second-order valence-corrected chi connectivity index (χ2v) is 6.56. The van der Waals surface area contributed by atoms with Crippen molar-refractivity contribution in [2.45, 2.75) is 6.92 Å². The summed E-state index contributed by atoms with van der Waals surface area (Å²) in [5.41, 5.74) is 4.06. The largest absolute Gasteiger partial charge is 0.493 e. The minimum absolute atomic E-state index is 0.110. The van der Waals surface area contributed by atoms with Crippen molar-refractivity contribution in [2.24, 2.45) is 0 Å². The number of methoxy groups -OCH3 is 2. The monoisotopic (exact) mass is 389 g/mol. The molecule has 2 aromatic heterocycles. The Morgan fingerprint density at radius 1 is 1.07 bits per heavy atom. The summed E-state index contributed by atoms with van der Waals surface area (Å²) in [5.74, 6) is -0.0473. The number of carboxylic acids is 1. The number of aromatic amines is 1. The molecule has 2 N–H and O–H groups in total. The summed E-state index contributed by atoms with van der Waals surface area (Å²) < 4.78 is 10.8. The lowest BCUT2D eigenvalue weighted by molar-refractivity contribution is 0.0699. The van der Waals surface area contributed by atoms with E-state index in [-0.39, 0.29) is 5.56 Å². The Labute approximate surface area is 166 Å². The van der Waals surface area contributed by atoms with Crippen LogP contribution < -0.4 is 9.47 Å². The van der Waals surface area contributed by atoms with Gasteiger partial charge in [-0.25, -0.2) is 9.78 Å². The van der Waals surface area contributed by atoms with Crippen molar-refractivity contribution in [2.75, 3.05) is 14.2 Å². The first-order valence-electron chi connectivity index (χ1n) is 8.94. The SMILES string of the molecule is COc1cccc(-c2cc(C(=O)O)c3c(-c4ccc(C)cc4)[nH]nc3n2)c1OC. The van der Waals surface area contributed by atoms with E-state index in [9.17, 15) is 9.90 Å². The number of nitrogens with zero attached hydrogens (tertiary/aromatic N) is 2. The van der Waals surface area contributed by atoms with E-state index in [1.54, 1.807) is 25.3 Å². The maximum absolute atomic E-state index is 12.1. The van der Waals surface area contributed by atoms with Crippen LogP contribution in [0.15, 0.2) is 48.5 Å². The van der Waals surface area contributed by atoms with Gasteiger partial charge in [-0.05, 0) is 25.1 Å². The quantitative estimate of drug-likeness (QED) is 0.528. The summed E-state index contributed by atoms with van der Waals surface area (Å²) in [4.78, 5) is 16.7. The third-order valence-electron chi connectivity index (χ3n) is 4.77. The molecule has 2 aromatic carbocycles. The average Bonchev–Trinajstić information content (AvgIpc) is 3.16. The number of carbonyl (C=O) groups is 1. The molecule has 0 saturated carbocycles. The van der Waals surface area contributed by atoms with Crippen molar-refractivity contribution in [1.82, 2.24) is 15.2 Å². The zero-order valence-corrected chi connectivity index (χ0v) is 16.2. The number of para-hydroxylation sites is 1. The molecule has 4 rings (SSSR count). The van der Waals surface area contributed by atoms with Crippen LogP contribution >= 0.6 is 0 Å². The van der Waals surface area contributed by atoms with E-state index in [4.69, 9.17) is 9.47 Å². The van der Waals surface area contributed by atoms with E-state index in [0.29, 0.717) is 39.5 Å². The van der Waals surface area contributed by atoms with Crippen molar-refractivity contribution in [3.8, 4) is 34.0 Å². The van der Waals surface area contributed by atoms with Gasteiger partial charge in [0.2, 0.25) is 0 Å². The zero-order valence-electron chi connectivity index (χ0n) is 16.2. The van der Waals surface area contributed by atoms with E-state index < -0.39 is 5.97 Å². The Kier molecular flexibility index (Phi) is 4.64. The molecule has 0 aliphatic rings. The molecule has 146 valence electrons. The maximum atomic E-state index is 12.1. The van der Waals surface area contributed by atoms with Crippen molar-refractivity contribution in [1.29, 1.82) is 0 Å². The van der Waals surface area contributed by atoms with Crippen molar-refractivity contribution in [3.05, 3.63) is 59.7 Å². The Balaban J connectivity index is 1.97. The molecule has 0 spiro atoms.